The Balaban J connectivity index is 1.86. The topological polar surface area (TPSA) is 84.9 Å². The van der Waals surface area contributed by atoms with Gasteiger partial charge in [-0.1, -0.05) is 12.1 Å². The summed E-state index contributed by atoms with van der Waals surface area (Å²) in [5.41, 5.74) is 1.05. The first-order valence-corrected chi connectivity index (χ1v) is 8.29. The molecule has 2 rings (SSSR count). The molecule has 1 aliphatic rings. The molecule has 6 nitrogen and oxygen atoms in total. The average Bonchev–Trinajstić information content (AvgIpc) is 2.55. The molecule has 1 aliphatic heterocycles. The Morgan fingerprint density at radius 3 is 2.71 bits per heavy atom. The molecule has 0 radical (unpaired) electrons. The highest BCUT2D eigenvalue weighted by molar-refractivity contribution is 5.81. The van der Waals surface area contributed by atoms with Crippen LogP contribution in [0.5, 0.6) is 5.75 Å². The highest BCUT2D eigenvalue weighted by Gasteiger charge is 2.30. The molecule has 24 heavy (non-hydrogen) atoms. The summed E-state index contributed by atoms with van der Waals surface area (Å²) in [6.07, 6.45) is 0.737. The summed E-state index contributed by atoms with van der Waals surface area (Å²) in [5.74, 6) is -1.13. The van der Waals surface area contributed by atoms with Gasteiger partial charge < -0.3 is 19.9 Å². The van der Waals surface area contributed by atoms with E-state index in [2.05, 4.69) is 5.32 Å². The number of hydrogen-bond acceptors (Lipinski definition) is 4. The molecule has 1 fully saturated rings. The predicted octanol–water partition coefficient (Wildman–Crippen LogP) is 2.01. The number of amides is 1. The molecule has 1 amide bonds. The van der Waals surface area contributed by atoms with Gasteiger partial charge in [0, 0.05) is 19.8 Å². The zero-order valence-corrected chi connectivity index (χ0v) is 14.2. The van der Waals surface area contributed by atoms with Crippen molar-refractivity contribution in [2.75, 3.05) is 19.8 Å². The smallest absolute Gasteiger partial charge is 0.308 e. The summed E-state index contributed by atoms with van der Waals surface area (Å²) in [6, 6.07) is 7.45. The van der Waals surface area contributed by atoms with E-state index in [1.807, 2.05) is 25.1 Å². The minimum Gasteiger partial charge on any atom is -0.481 e. The van der Waals surface area contributed by atoms with Crippen LogP contribution in [0.1, 0.15) is 25.3 Å². The first-order valence-electron chi connectivity index (χ1n) is 8.29. The largest absolute Gasteiger partial charge is 0.481 e. The molecule has 2 unspecified atom stereocenters. The van der Waals surface area contributed by atoms with Gasteiger partial charge in [0.2, 0.25) is 0 Å². The summed E-state index contributed by atoms with van der Waals surface area (Å²) in [7, 11) is 0. The molecule has 0 bridgehead atoms. The Labute approximate surface area is 142 Å². The maximum atomic E-state index is 12.2. The van der Waals surface area contributed by atoms with E-state index in [9.17, 15) is 14.7 Å². The number of hydrogen-bond donors (Lipinski definition) is 2. The van der Waals surface area contributed by atoms with Gasteiger partial charge in [0.05, 0.1) is 5.92 Å². The number of nitrogens with one attached hydrogen (secondary N) is 1. The maximum Gasteiger partial charge on any atom is 0.308 e. The molecule has 6 heteroatoms. The molecule has 1 saturated heterocycles. The van der Waals surface area contributed by atoms with Crippen molar-refractivity contribution in [3.8, 4) is 5.75 Å². The van der Waals surface area contributed by atoms with Gasteiger partial charge in [-0.2, -0.15) is 0 Å². The van der Waals surface area contributed by atoms with Crippen LogP contribution in [0.25, 0.3) is 0 Å². The molecule has 2 N–H and O–H groups in total. The van der Waals surface area contributed by atoms with E-state index in [-0.39, 0.29) is 18.4 Å². The number of ether oxygens (including phenoxy) is 2. The molecule has 1 heterocycles. The number of benzene rings is 1. The molecule has 0 spiro atoms. The summed E-state index contributed by atoms with van der Waals surface area (Å²) < 4.78 is 10.9. The third-order valence-corrected chi connectivity index (χ3v) is 4.32. The summed E-state index contributed by atoms with van der Waals surface area (Å²) in [6.45, 7) is 4.87. The van der Waals surface area contributed by atoms with E-state index < -0.39 is 18.0 Å². The summed E-state index contributed by atoms with van der Waals surface area (Å²) >= 11 is 0. The minimum absolute atomic E-state index is 0.0320. The van der Waals surface area contributed by atoms with Crippen LogP contribution in [0.4, 0.5) is 0 Å². The van der Waals surface area contributed by atoms with Gasteiger partial charge >= 0.3 is 5.97 Å². The number of rotatable bonds is 7. The molecule has 1 aromatic rings. The van der Waals surface area contributed by atoms with Crippen LogP contribution in [-0.2, 0) is 14.3 Å². The summed E-state index contributed by atoms with van der Waals surface area (Å²) in [5, 5.41) is 12.1. The van der Waals surface area contributed by atoms with Crippen LogP contribution in [0.2, 0.25) is 0 Å². The first kappa shape index (κ1) is 18.3. The van der Waals surface area contributed by atoms with Crippen molar-refractivity contribution in [2.24, 2.45) is 11.8 Å². The second-order valence-electron chi connectivity index (χ2n) is 6.22. The lowest BCUT2D eigenvalue weighted by atomic mass is 9.86. The normalized spacial score (nSPS) is 17.8. The Morgan fingerprint density at radius 2 is 2.08 bits per heavy atom. The highest BCUT2D eigenvalue weighted by atomic mass is 16.5. The van der Waals surface area contributed by atoms with Crippen LogP contribution >= 0.6 is 0 Å². The standard InChI is InChI=1S/C18H25NO5/c1-12-4-3-5-15(10-12)24-13(2)17(20)19-11-16(18(21)22)14-6-8-23-9-7-14/h3-5,10,13-14,16H,6-9,11H2,1-2H3,(H,19,20)(H,21,22). The van der Waals surface area contributed by atoms with E-state index >= 15 is 0 Å². The van der Waals surface area contributed by atoms with Crippen molar-refractivity contribution in [3.05, 3.63) is 29.8 Å². The lowest BCUT2D eigenvalue weighted by molar-refractivity contribution is -0.145. The molecule has 0 saturated carbocycles. The molecular weight excluding hydrogens is 310 g/mol. The Bertz CT molecular complexity index is 568. The predicted molar refractivity (Wildman–Crippen MR) is 88.9 cm³/mol. The number of carbonyl (C=O) groups is 2. The molecule has 1 aromatic carbocycles. The van der Waals surface area contributed by atoms with Crippen molar-refractivity contribution in [1.82, 2.24) is 5.32 Å². The van der Waals surface area contributed by atoms with Gasteiger partial charge in [0.15, 0.2) is 6.10 Å². The van der Waals surface area contributed by atoms with Crippen LogP contribution in [0.3, 0.4) is 0 Å². The van der Waals surface area contributed by atoms with Crippen molar-refractivity contribution >= 4 is 11.9 Å². The second-order valence-corrected chi connectivity index (χ2v) is 6.22. The lowest BCUT2D eigenvalue weighted by Gasteiger charge is -2.28. The number of carboxylic acid groups (broad SMARTS) is 1. The number of aliphatic carboxylic acids is 1. The third-order valence-electron chi connectivity index (χ3n) is 4.32. The van der Waals surface area contributed by atoms with Gasteiger partial charge in [-0.15, -0.1) is 0 Å². The fourth-order valence-corrected chi connectivity index (χ4v) is 2.87. The van der Waals surface area contributed by atoms with E-state index in [0.717, 1.165) is 5.56 Å². The highest BCUT2D eigenvalue weighted by Crippen LogP contribution is 2.24. The molecular formula is C18H25NO5. The third kappa shape index (κ3) is 5.23. The molecule has 0 aromatic heterocycles. The van der Waals surface area contributed by atoms with Crippen LogP contribution < -0.4 is 10.1 Å². The van der Waals surface area contributed by atoms with Gasteiger partial charge in [-0.25, -0.2) is 0 Å². The zero-order chi connectivity index (χ0) is 17.5. The minimum atomic E-state index is -0.880. The SMILES string of the molecule is Cc1cccc(OC(C)C(=O)NCC(C(=O)O)C2CCOCC2)c1. The van der Waals surface area contributed by atoms with Crippen LogP contribution in [0.15, 0.2) is 24.3 Å². The quantitative estimate of drug-likeness (QED) is 0.796. The Kier molecular flexibility index (Phi) is 6.61. The van der Waals surface area contributed by atoms with Crippen molar-refractivity contribution in [3.63, 3.8) is 0 Å². The first-order chi connectivity index (χ1) is 11.5. The average molecular weight is 335 g/mol. The zero-order valence-electron chi connectivity index (χ0n) is 14.2. The fraction of sp³-hybridized carbons (Fsp3) is 0.556. The molecule has 132 valence electrons. The summed E-state index contributed by atoms with van der Waals surface area (Å²) in [4.78, 5) is 23.7. The van der Waals surface area contributed by atoms with Crippen LogP contribution in [-0.4, -0.2) is 42.8 Å². The van der Waals surface area contributed by atoms with E-state index in [1.165, 1.54) is 0 Å². The molecule has 0 aliphatic carbocycles. The van der Waals surface area contributed by atoms with E-state index in [1.54, 1.807) is 13.0 Å². The van der Waals surface area contributed by atoms with Gasteiger partial charge in [-0.3, -0.25) is 9.59 Å². The van der Waals surface area contributed by atoms with Crippen molar-refractivity contribution in [2.45, 2.75) is 32.8 Å². The van der Waals surface area contributed by atoms with Crippen molar-refractivity contribution < 1.29 is 24.2 Å². The molecule has 2 atom stereocenters. The van der Waals surface area contributed by atoms with Crippen molar-refractivity contribution in [1.29, 1.82) is 0 Å². The fourth-order valence-electron chi connectivity index (χ4n) is 2.87. The van der Waals surface area contributed by atoms with Crippen LogP contribution in [0, 0.1) is 18.8 Å². The number of carbonyl (C=O) groups excluding carboxylic acids is 1. The van der Waals surface area contributed by atoms with Gasteiger partial charge in [0.1, 0.15) is 5.75 Å². The van der Waals surface area contributed by atoms with E-state index in [0.29, 0.717) is 31.8 Å². The maximum absolute atomic E-state index is 12.2. The Hall–Kier alpha value is -2.08. The number of aryl methyl sites for hydroxylation is 1. The monoisotopic (exact) mass is 335 g/mol. The Morgan fingerprint density at radius 1 is 1.38 bits per heavy atom. The lowest BCUT2D eigenvalue weighted by Crippen LogP contribution is -2.43. The van der Waals surface area contributed by atoms with E-state index in [4.69, 9.17) is 9.47 Å². The van der Waals surface area contributed by atoms with Gasteiger partial charge in [-0.05, 0) is 50.3 Å². The second kappa shape index (κ2) is 8.68. The number of carboxylic acids is 1. The van der Waals surface area contributed by atoms with Gasteiger partial charge in [0.25, 0.3) is 5.91 Å².